The molecule has 1 rings (SSSR count). The molecule has 0 saturated carbocycles. The van der Waals surface area contributed by atoms with Gasteiger partial charge in [-0.2, -0.15) is 5.10 Å². The molecule has 0 radical (unpaired) electrons. The molecular formula is C12H20N4O. The predicted octanol–water partition coefficient (Wildman–Crippen LogP) is 2.27. The number of rotatable bonds is 6. The van der Waals surface area contributed by atoms with E-state index in [1.165, 1.54) is 0 Å². The zero-order valence-corrected chi connectivity index (χ0v) is 10.6. The van der Waals surface area contributed by atoms with Crippen LogP contribution in [0.4, 0.5) is 5.69 Å². The molecule has 1 aromatic rings. The van der Waals surface area contributed by atoms with Crippen LogP contribution in [0.2, 0.25) is 0 Å². The van der Waals surface area contributed by atoms with E-state index >= 15 is 0 Å². The van der Waals surface area contributed by atoms with Crippen LogP contribution in [0, 0.1) is 0 Å². The van der Waals surface area contributed by atoms with Crippen molar-refractivity contribution in [3.05, 3.63) is 24.2 Å². The number of aromatic amines is 1. The Morgan fingerprint density at radius 3 is 2.88 bits per heavy atom. The van der Waals surface area contributed by atoms with Crippen molar-refractivity contribution in [1.82, 2.24) is 15.5 Å². The van der Waals surface area contributed by atoms with Gasteiger partial charge >= 0.3 is 0 Å². The van der Waals surface area contributed by atoms with Crippen molar-refractivity contribution in [1.29, 1.82) is 0 Å². The van der Waals surface area contributed by atoms with Crippen LogP contribution in [0.5, 0.6) is 0 Å². The van der Waals surface area contributed by atoms with Gasteiger partial charge in [0.15, 0.2) is 0 Å². The molecule has 1 amide bonds. The molecule has 1 aromatic heterocycles. The summed E-state index contributed by atoms with van der Waals surface area (Å²) < 4.78 is 0. The first-order valence-corrected chi connectivity index (χ1v) is 5.87. The third kappa shape index (κ3) is 3.62. The number of anilines is 1. The molecule has 0 spiro atoms. The molecule has 1 heterocycles. The average molecular weight is 236 g/mol. The van der Waals surface area contributed by atoms with E-state index in [0.717, 1.165) is 12.1 Å². The van der Waals surface area contributed by atoms with Gasteiger partial charge in [0.25, 0.3) is 5.91 Å². The molecule has 17 heavy (non-hydrogen) atoms. The number of hydrogen-bond acceptors (Lipinski definition) is 3. The lowest BCUT2D eigenvalue weighted by molar-refractivity contribution is 0.0961. The van der Waals surface area contributed by atoms with Gasteiger partial charge in [0, 0.05) is 11.7 Å². The second kappa shape index (κ2) is 6.08. The van der Waals surface area contributed by atoms with Gasteiger partial charge in [-0.15, -0.1) is 0 Å². The van der Waals surface area contributed by atoms with E-state index in [4.69, 9.17) is 0 Å². The molecule has 0 bridgehead atoms. The first-order valence-electron chi connectivity index (χ1n) is 5.87. The normalized spacial score (nSPS) is 11.9. The molecule has 5 heteroatoms. The summed E-state index contributed by atoms with van der Waals surface area (Å²) >= 11 is 0. The first kappa shape index (κ1) is 13.3. The summed E-state index contributed by atoms with van der Waals surface area (Å²) in [6.45, 7) is 9.82. The Bertz CT molecular complexity index is 397. The van der Waals surface area contributed by atoms with Crippen LogP contribution < -0.4 is 10.6 Å². The van der Waals surface area contributed by atoms with Crippen molar-refractivity contribution in [3.8, 4) is 0 Å². The Morgan fingerprint density at radius 1 is 1.59 bits per heavy atom. The number of carbonyl (C=O) groups is 1. The number of carbonyl (C=O) groups excluding carboxylic acids is 1. The highest BCUT2D eigenvalue weighted by Crippen LogP contribution is 2.14. The van der Waals surface area contributed by atoms with Crippen LogP contribution in [0.1, 0.15) is 44.1 Å². The Balaban J connectivity index is 2.74. The number of hydrogen-bond donors (Lipinski definition) is 3. The highest BCUT2D eigenvalue weighted by molar-refractivity contribution is 5.98. The summed E-state index contributed by atoms with van der Waals surface area (Å²) in [4.78, 5) is 11.9. The summed E-state index contributed by atoms with van der Waals surface area (Å²) in [6, 6.07) is 0.300. The minimum absolute atomic E-state index is 0.208. The number of allylic oxidation sites excluding steroid dienone is 1. The van der Waals surface area contributed by atoms with Crippen LogP contribution in [0.3, 0.4) is 0 Å². The predicted molar refractivity (Wildman–Crippen MR) is 68.9 cm³/mol. The molecule has 0 aromatic carbocycles. The van der Waals surface area contributed by atoms with Gasteiger partial charge in [0.05, 0.1) is 11.9 Å². The van der Waals surface area contributed by atoms with Crippen molar-refractivity contribution in [2.24, 2.45) is 0 Å². The monoisotopic (exact) mass is 236 g/mol. The van der Waals surface area contributed by atoms with Crippen LogP contribution >= 0.6 is 0 Å². The van der Waals surface area contributed by atoms with Crippen molar-refractivity contribution in [3.63, 3.8) is 0 Å². The molecule has 0 aliphatic carbocycles. The van der Waals surface area contributed by atoms with Crippen molar-refractivity contribution in [2.45, 2.75) is 39.7 Å². The van der Waals surface area contributed by atoms with Crippen LogP contribution in [0.15, 0.2) is 18.5 Å². The van der Waals surface area contributed by atoms with Gasteiger partial charge in [-0.05, 0) is 19.8 Å². The fourth-order valence-electron chi connectivity index (χ4n) is 1.25. The largest absolute Gasteiger partial charge is 0.379 e. The second-order valence-electron chi connectivity index (χ2n) is 4.02. The summed E-state index contributed by atoms with van der Waals surface area (Å²) in [6.07, 6.45) is 3.32. The van der Waals surface area contributed by atoms with E-state index in [9.17, 15) is 4.79 Å². The smallest absolute Gasteiger partial charge is 0.275 e. The average Bonchev–Trinajstić information content (AvgIpc) is 2.76. The van der Waals surface area contributed by atoms with E-state index in [-0.39, 0.29) is 5.91 Å². The summed E-state index contributed by atoms with van der Waals surface area (Å²) in [7, 11) is 0. The van der Waals surface area contributed by atoms with Gasteiger partial charge in [-0.1, -0.05) is 20.4 Å². The zero-order valence-electron chi connectivity index (χ0n) is 10.6. The molecule has 0 aliphatic rings. The lowest BCUT2D eigenvalue weighted by atomic mass is 10.2. The maximum Gasteiger partial charge on any atom is 0.275 e. The Morgan fingerprint density at radius 2 is 2.29 bits per heavy atom. The summed E-state index contributed by atoms with van der Waals surface area (Å²) in [5.41, 5.74) is 1.86. The van der Waals surface area contributed by atoms with Crippen LogP contribution in [-0.2, 0) is 0 Å². The Labute approximate surface area is 102 Å². The van der Waals surface area contributed by atoms with Crippen molar-refractivity contribution < 1.29 is 4.79 Å². The Hall–Kier alpha value is -1.78. The first-order chi connectivity index (χ1) is 8.08. The fraction of sp³-hybridized carbons (Fsp3) is 0.500. The van der Waals surface area contributed by atoms with E-state index in [1.54, 1.807) is 6.20 Å². The van der Waals surface area contributed by atoms with Crippen molar-refractivity contribution in [2.75, 3.05) is 5.32 Å². The van der Waals surface area contributed by atoms with Gasteiger partial charge in [-0.3, -0.25) is 9.89 Å². The second-order valence-corrected chi connectivity index (χ2v) is 4.02. The SMILES string of the molecule is C=C(CC)NC(=O)c1[nH]ncc1NC(C)CC. The standard InChI is InChI=1S/C12H20N4O/c1-5-8(3)14-10-7-13-16-11(10)12(17)15-9(4)6-2/h7-8,14H,4-6H2,1-3H3,(H,13,16)(H,15,17). The lowest BCUT2D eigenvalue weighted by Crippen LogP contribution is -2.24. The summed E-state index contributed by atoms with van der Waals surface area (Å²) in [5, 5.41) is 12.5. The van der Waals surface area contributed by atoms with E-state index in [1.807, 2.05) is 6.92 Å². The molecule has 3 N–H and O–H groups in total. The molecule has 0 aliphatic heterocycles. The fourth-order valence-corrected chi connectivity index (χ4v) is 1.25. The third-order valence-electron chi connectivity index (χ3n) is 2.60. The molecule has 5 nitrogen and oxygen atoms in total. The highest BCUT2D eigenvalue weighted by atomic mass is 16.2. The molecule has 0 fully saturated rings. The quantitative estimate of drug-likeness (QED) is 0.709. The molecule has 1 unspecified atom stereocenters. The molecule has 1 atom stereocenters. The highest BCUT2D eigenvalue weighted by Gasteiger charge is 2.15. The minimum atomic E-state index is -0.208. The number of H-pyrrole nitrogens is 1. The van der Waals surface area contributed by atoms with Gasteiger partial charge < -0.3 is 10.6 Å². The van der Waals surface area contributed by atoms with Crippen LogP contribution in [0.25, 0.3) is 0 Å². The maximum absolute atomic E-state index is 11.9. The zero-order chi connectivity index (χ0) is 12.8. The maximum atomic E-state index is 11.9. The Kier molecular flexibility index (Phi) is 4.75. The number of aromatic nitrogens is 2. The molecule has 94 valence electrons. The van der Waals surface area contributed by atoms with Gasteiger partial charge in [0.1, 0.15) is 5.69 Å². The van der Waals surface area contributed by atoms with Gasteiger partial charge in [-0.25, -0.2) is 0 Å². The van der Waals surface area contributed by atoms with Crippen molar-refractivity contribution >= 4 is 11.6 Å². The lowest BCUT2D eigenvalue weighted by Gasteiger charge is -2.12. The third-order valence-corrected chi connectivity index (χ3v) is 2.60. The topological polar surface area (TPSA) is 69.8 Å². The molecule has 0 saturated heterocycles. The van der Waals surface area contributed by atoms with Gasteiger partial charge in [0.2, 0.25) is 0 Å². The van der Waals surface area contributed by atoms with E-state index in [0.29, 0.717) is 23.9 Å². The number of nitrogens with one attached hydrogen (secondary N) is 3. The van der Waals surface area contributed by atoms with E-state index in [2.05, 4.69) is 41.3 Å². The number of amides is 1. The van der Waals surface area contributed by atoms with E-state index < -0.39 is 0 Å². The number of nitrogens with zero attached hydrogens (tertiary/aromatic N) is 1. The summed E-state index contributed by atoms with van der Waals surface area (Å²) in [5.74, 6) is -0.208. The molecular weight excluding hydrogens is 216 g/mol. The minimum Gasteiger partial charge on any atom is -0.379 e. The van der Waals surface area contributed by atoms with Crippen LogP contribution in [-0.4, -0.2) is 22.1 Å².